The molecule has 3 aromatic rings. The summed E-state index contributed by atoms with van der Waals surface area (Å²) in [5.74, 6) is -2.65. The lowest BCUT2D eigenvalue weighted by Crippen LogP contribution is -2.59. The Morgan fingerprint density at radius 2 is 1.07 bits per heavy atom. The number of benzene rings is 3. The van der Waals surface area contributed by atoms with Gasteiger partial charge in [0.2, 0.25) is 35.4 Å². The summed E-state index contributed by atoms with van der Waals surface area (Å²) in [5, 5.41) is 18.2. The highest BCUT2D eigenvalue weighted by atomic mass is 32.2. The predicted octanol–water partition coefficient (Wildman–Crippen LogP) is 6.09. The molecule has 16 nitrogen and oxygen atoms in total. The summed E-state index contributed by atoms with van der Waals surface area (Å²) in [6.07, 6.45) is 3.72. The zero-order chi connectivity index (χ0) is 55.2. The normalized spacial score (nSPS) is 23.0. The van der Waals surface area contributed by atoms with Crippen LogP contribution in [0.2, 0.25) is 0 Å². The molecule has 3 heterocycles. The van der Waals surface area contributed by atoms with Crippen molar-refractivity contribution in [1.29, 1.82) is 0 Å². The SMILES string of the molecule is CN[C@@H](C)C(=O)N[C@H](C(=O)N1C[C@@H](CC(=O)c2cccc(C(=O)C[C@H]3C[C@@H](C(=O)NC4CCSc5ccccc54)N(C(=O)[C@@H](NC(=O)[C@H](C)NC)C(C)(C)C)C3)c2)C[C@H]1C(=O)NC1CCCc2ccccc21)C(C)(C)C. The van der Waals surface area contributed by atoms with E-state index in [1.807, 2.05) is 84.0 Å². The molecule has 410 valence electrons. The number of hydrogen-bond acceptors (Lipinski definition) is 11. The maximum Gasteiger partial charge on any atom is 0.246 e. The van der Waals surface area contributed by atoms with E-state index in [-0.39, 0.29) is 86.1 Å². The van der Waals surface area contributed by atoms with E-state index in [0.717, 1.165) is 41.0 Å². The molecule has 6 N–H and O–H groups in total. The number of hydrogen-bond donors (Lipinski definition) is 6. The van der Waals surface area contributed by atoms with Gasteiger partial charge in [0.15, 0.2) is 11.6 Å². The van der Waals surface area contributed by atoms with E-state index in [0.29, 0.717) is 17.5 Å². The number of likely N-dealkylation sites (tertiary alicyclic amines) is 2. The zero-order valence-electron chi connectivity index (χ0n) is 46.0. The van der Waals surface area contributed by atoms with Gasteiger partial charge in [-0.3, -0.25) is 38.4 Å². The molecule has 2 fully saturated rings. The number of aryl methyl sites for hydroxylation is 1. The smallest absolute Gasteiger partial charge is 0.246 e. The number of carbonyl (C=O) groups excluding carboxylic acids is 8. The first-order chi connectivity index (χ1) is 36.0. The molecule has 0 aromatic heterocycles. The summed E-state index contributed by atoms with van der Waals surface area (Å²) in [7, 11) is 3.33. The Morgan fingerprint density at radius 1 is 0.605 bits per heavy atom. The maximum atomic E-state index is 14.7. The second kappa shape index (κ2) is 24.6. The fourth-order valence-electron chi connectivity index (χ4n) is 11.1. The topological polar surface area (TPSA) is 215 Å². The van der Waals surface area contributed by atoms with Gasteiger partial charge >= 0.3 is 0 Å². The van der Waals surface area contributed by atoms with E-state index in [9.17, 15) is 38.4 Å². The highest BCUT2D eigenvalue weighted by Crippen LogP contribution is 2.38. The van der Waals surface area contributed by atoms with Crippen LogP contribution >= 0.6 is 11.8 Å². The van der Waals surface area contributed by atoms with Gasteiger partial charge in [-0.2, -0.15) is 0 Å². The highest BCUT2D eigenvalue weighted by Gasteiger charge is 2.48. The summed E-state index contributed by atoms with van der Waals surface area (Å²) in [5.41, 5.74) is 2.42. The largest absolute Gasteiger partial charge is 0.347 e. The summed E-state index contributed by atoms with van der Waals surface area (Å²) >= 11 is 1.74. The molecule has 0 bridgehead atoms. The Labute approximate surface area is 453 Å². The van der Waals surface area contributed by atoms with Gasteiger partial charge in [0.1, 0.15) is 24.2 Å². The predicted molar refractivity (Wildman–Crippen MR) is 294 cm³/mol. The standard InChI is InChI=1S/C59H80N8O8S/c1-34(60-9)52(70)64-50(58(3,4)5)56(74)66-32-36(27-45(66)54(72)62-43-23-16-18-38-17-11-12-21-41(38)43)29-47(68)39-19-15-20-40(31-39)48(69)30-37-28-46(55(73)63-44-25-26-76-49-24-14-13-22-42(44)49)67(33-37)57(75)51(59(6,7)8)65-53(71)35(2)61-10/h11-15,17,19-22,24,31,34-37,43-46,50-51,60-61H,16,18,23,25-30,32-33H2,1-10H3,(H,62,72)(H,63,73)(H,64,70)(H,65,71)/t34-,35-,36+,37+,43?,44?,45-,46-,50+,51+/m0/s1. The Morgan fingerprint density at radius 3 is 1.55 bits per heavy atom. The van der Waals surface area contributed by atoms with E-state index in [1.54, 1.807) is 68.9 Å². The third-order valence-electron chi connectivity index (χ3n) is 15.8. The summed E-state index contributed by atoms with van der Waals surface area (Å²) in [6.45, 7) is 14.8. The van der Waals surface area contributed by atoms with Crippen LogP contribution in [0.15, 0.2) is 77.7 Å². The van der Waals surface area contributed by atoms with Gasteiger partial charge < -0.3 is 41.7 Å². The molecule has 0 spiro atoms. The first-order valence-corrected chi connectivity index (χ1v) is 28.1. The van der Waals surface area contributed by atoms with Gasteiger partial charge in [0.25, 0.3) is 0 Å². The Balaban J connectivity index is 1.09. The van der Waals surface area contributed by atoms with E-state index < -0.39 is 70.7 Å². The molecule has 0 saturated carbocycles. The highest BCUT2D eigenvalue weighted by molar-refractivity contribution is 7.99. The van der Waals surface area contributed by atoms with Crippen LogP contribution in [-0.4, -0.2) is 126 Å². The monoisotopic (exact) mass is 1060 g/mol. The molecule has 1 aliphatic carbocycles. The molecule has 3 aliphatic heterocycles. The van der Waals surface area contributed by atoms with Crippen LogP contribution in [0.1, 0.15) is 150 Å². The molecular weight excluding hydrogens is 981 g/mol. The fraction of sp³-hybridized carbons (Fsp3) is 0.559. The minimum absolute atomic E-state index is 0.0000209. The van der Waals surface area contributed by atoms with Crippen molar-refractivity contribution in [2.75, 3.05) is 32.9 Å². The van der Waals surface area contributed by atoms with Gasteiger partial charge in [-0.15, -0.1) is 11.8 Å². The number of fused-ring (bicyclic) bond motifs is 2. The molecule has 2 saturated heterocycles. The van der Waals surface area contributed by atoms with Crippen LogP contribution in [-0.2, 0) is 35.2 Å². The van der Waals surface area contributed by atoms with Crippen LogP contribution < -0.4 is 31.9 Å². The number of thioether (sulfide) groups is 1. The van der Waals surface area contributed by atoms with Gasteiger partial charge in [-0.25, -0.2) is 0 Å². The van der Waals surface area contributed by atoms with Gasteiger partial charge in [-0.1, -0.05) is 102 Å². The molecule has 6 amide bonds. The first-order valence-electron chi connectivity index (χ1n) is 27.1. The number of rotatable bonds is 18. The third kappa shape index (κ3) is 13.6. The number of carbonyl (C=O) groups is 8. The summed E-state index contributed by atoms with van der Waals surface area (Å²) < 4.78 is 0. The van der Waals surface area contributed by atoms with E-state index >= 15 is 0 Å². The average Bonchev–Trinajstić information content (AvgIpc) is 4.03. The van der Waals surface area contributed by atoms with Crippen molar-refractivity contribution in [3.05, 3.63) is 101 Å². The van der Waals surface area contributed by atoms with Crippen molar-refractivity contribution in [3.8, 4) is 0 Å². The number of nitrogens with one attached hydrogen (secondary N) is 6. The number of likely N-dealkylation sites (N-methyl/N-ethyl adjacent to an activating group) is 2. The second-order valence-electron chi connectivity index (χ2n) is 23.6. The molecule has 0 radical (unpaired) electrons. The third-order valence-corrected chi connectivity index (χ3v) is 16.9. The summed E-state index contributed by atoms with van der Waals surface area (Å²) in [4.78, 5) is 118. The molecule has 4 aliphatic rings. The van der Waals surface area contributed by atoms with Crippen LogP contribution in [0.4, 0.5) is 0 Å². The number of ketones is 2. The van der Waals surface area contributed by atoms with Crippen molar-refractivity contribution in [2.45, 2.75) is 160 Å². The zero-order valence-corrected chi connectivity index (χ0v) is 46.9. The molecule has 3 aromatic carbocycles. The van der Waals surface area contributed by atoms with Crippen molar-refractivity contribution in [1.82, 2.24) is 41.7 Å². The average molecular weight is 1060 g/mol. The lowest BCUT2D eigenvalue weighted by Gasteiger charge is -2.36. The Kier molecular flexibility index (Phi) is 18.7. The van der Waals surface area contributed by atoms with Crippen LogP contribution in [0.25, 0.3) is 0 Å². The minimum Gasteiger partial charge on any atom is -0.347 e. The van der Waals surface area contributed by atoms with Crippen molar-refractivity contribution < 1.29 is 38.4 Å². The van der Waals surface area contributed by atoms with Crippen LogP contribution in [0.5, 0.6) is 0 Å². The fourth-order valence-corrected chi connectivity index (χ4v) is 12.2. The molecular formula is C59H80N8O8S. The molecule has 7 rings (SSSR count). The first kappa shape index (κ1) is 57.8. The Hall–Kier alpha value is -5.91. The van der Waals surface area contributed by atoms with Gasteiger partial charge in [0, 0.05) is 47.7 Å². The van der Waals surface area contributed by atoms with E-state index in [2.05, 4.69) is 38.0 Å². The number of Topliss-reactive ketones (excluding diaryl/α,β-unsaturated/α-hetero) is 2. The summed E-state index contributed by atoms with van der Waals surface area (Å²) in [6, 6.07) is 17.2. The lowest BCUT2D eigenvalue weighted by molar-refractivity contribution is -0.144. The van der Waals surface area contributed by atoms with Crippen LogP contribution in [0, 0.1) is 22.7 Å². The van der Waals surface area contributed by atoms with E-state index in [4.69, 9.17) is 0 Å². The quantitative estimate of drug-likeness (QED) is 0.0802. The van der Waals surface area contributed by atoms with Crippen molar-refractivity contribution in [2.24, 2.45) is 22.7 Å². The van der Waals surface area contributed by atoms with Gasteiger partial charge in [-0.05, 0) is 118 Å². The van der Waals surface area contributed by atoms with Crippen molar-refractivity contribution >= 4 is 58.8 Å². The number of amides is 6. The maximum absolute atomic E-state index is 14.7. The van der Waals surface area contributed by atoms with Crippen LogP contribution in [0.3, 0.4) is 0 Å². The molecule has 10 atom stereocenters. The van der Waals surface area contributed by atoms with Gasteiger partial charge in [0.05, 0.1) is 24.2 Å². The van der Waals surface area contributed by atoms with E-state index in [1.165, 1.54) is 10.5 Å². The molecule has 76 heavy (non-hydrogen) atoms. The van der Waals surface area contributed by atoms with Crippen molar-refractivity contribution in [3.63, 3.8) is 0 Å². The Bertz CT molecular complexity index is 2490. The number of nitrogens with zero attached hydrogens (tertiary/aromatic N) is 2. The molecule has 2 unspecified atom stereocenters. The molecule has 17 heteroatoms. The lowest BCUT2D eigenvalue weighted by atomic mass is 9.85. The second-order valence-corrected chi connectivity index (χ2v) is 24.7. The minimum atomic E-state index is -0.966.